The minimum atomic E-state index is -0.190. The molecule has 0 radical (unpaired) electrons. The second-order valence-corrected chi connectivity index (χ2v) is 8.31. The van der Waals surface area contributed by atoms with Crippen LogP contribution in [-0.2, 0) is 13.6 Å². The highest BCUT2D eigenvalue weighted by molar-refractivity contribution is 6.06. The maximum atomic E-state index is 12.8. The summed E-state index contributed by atoms with van der Waals surface area (Å²) in [6.07, 6.45) is 4.34. The first-order valence-electron chi connectivity index (χ1n) is 10.4. The molecular formula is C23H26N6O. The molecule has 4 aromatic rings. The average Bonchev–Trinajstić information content (AvgIpc) is 3.39. The third kappa shape index (κ3) is 3.35. The van der Waals surface area contributed by atoms with Crippen LogP contribution in [0.1, 0.15) is 41.5 Å². The number of nitrogens with one attached hydrogen (secondary N) is 2. The second kappa shape index (κ2) is 7.25. The van der Waals surface area contributed by atoms with E-state index in [9.17, 15) is 4.79 Å². The first kappa shape index (κ1) is 18.8. The Morgan fingerprint density at radius 1 is 1.30 bits per heavy atom. The van der Waals surface area contributed by atoms with Gasteiger partial charge in [-0.2, -0.15) is 5.10 Å². The minimum Gasteiger partial charge on any atom is -0.357 e. The van der Waals surface area contributed by atoms with Gasteiger partial charge in [0.15, 0.2) is 0 Å². The van der Waals surface area contributed by atoms with E-state index in [-0.39, 0.29) is 5.91 Å². The Balaban J connectivity index is 1.35. The number of nitrogens with zero attached hydrogens (tertiary/aromatic N) is 4. The summed E-state index contributed by atoms with van der Waals surface area (Å²) in [4.78, 5) is 23.2. The van der Waals surface area contributed by atoms with E-state index in [1.807, 2.05) is 49.1 Å². The molecule has 154 valence electrons. The molecule has 1 aromatic carbocycles. The second-order valence-electron chi connectivity index (χ2n) is 8.31. The van der Waals surface area contributed by atoms with E-state index < -0.39 is 0 Å². The topological polar surface area (TPSA) is 78.8 Å². The van der Waals surface area contributed by atoms with Crippen molar-refractivity contribution < 1.29 is 4.79 Å². The number of anilines is 1. The number of amides is 1. The highest BCUT2D eigenvalue weighted by Gasteiger charge is 2.20. The molecule has 0 spiro atoms. The molecule has 7 nitrogen and oxygen atoms in total. The molecule has 2 N–H and O–H groups in total. The van der Waals surface area contributed by atoms with Crippen LogP contribution in [-0.4, -0.2) is 43.1 Å². The lowest BCUT2D eigenvalue weighted by Crippen LogP contribution is -2.26. The zero-order valence-corrected chi connectivity index (χ0v) is 17.6. The lowest BCUT2D eigenvalue weighted by atomic mass is 10.1. The van der Waals surface area contributed by atoms with Crippen molar-refractivity contribution in [3.63, 3.8) is 0 Å². The number of rotatable bonds is 4. The van der Waals surface area contributed by atoms with Gasteiger partial charge in [0.1, 0.15) is 5.82 Å². The third-order valence-corrected chi connectivity index (χ3v) is 6.26. The highest BCUT2D eigenvalue weighted by Crippen LogP contribution is 2.23. The number of aryl methyl sites for hydroxylation is 2. The first-order chi connectivity index (χ1) is 14.5. The van der Waals surface area contributed by atoms with Crippen molar-refractivity contribution in [2.45, 2.75) is 39.3 Å². The van der Waals surface area contributed by atoms with E-state index in [2.05, 4.69) is 38.3 Å². The molecule has 0 unspecified atom stereocenters. The van der Waals surface area contributed by atoms with Gasteiger partial charge in [0.05, 0.1) is 11.0 Å². The van der Waals surface area contributed by atoms with E-state index in [1.165, 1.54) is 18.5 Å². The SMILES string of the molecule is Cc1c2ccc(C(=O)Nc3cc4[nH]c(CN5CCC[C@@H]5C)cc4cn3)cc2nn1C. The molecule has 30 heavy (non-hydrogen) atoms. The fourth-order valence-electron chi connectivity index (χ4n) is 4.35. The first-order valence-corrected chi connectivity index (χ1v) is 10.4. The number of aromatic amines is 1. The average molecular weight is 403 g/mol. The van der Waals surface area contributed by atoms with Crippen molar-refractivity contribution in [3.05, 3.63) is 53.5 Å². The number of carbonyl (C=O) groups excluding carboxylic acids is 1. The minimum absolute atomic E-state index is 0.190. The molecular weight excluding hydrogens is 376 g/mol. The Morgan fingerprint density at radius 2 is 2.17 bits per heavy atom. The smallest absolute Gasteiger partial charge is 0.256 e. The van der Waals surface area contributed by atoms with Crippen LogP contribution in [0.3, 0.4) is 0 Å². The molecule has 1 fully saturated rings. The lowest BCUT2D eigenvalue weighted by Gasteiger charge is -2.19. The fraction of sp³-hybridized carbons (Fsp3) is 0.348. The number of likely N-dealkylation sites (tertiary alicyclic amines) is 1. The molecule has 1 aliphatic rings. The van der Waals surface area contributed by atoms with Crippen LogP contribution < -0.4 is 5.32 Å². The number of pyridine rings is 1. The standard InChI is InChI=1S/C23H26N6O/c1-14-5-4-8-29(14)13-18-9-17-12-24-22(11-20(17)25-18)26-23(30)16-6-7-19-15(2)28(3)27-21(19)10-16/h6-7,9-12,14,25H,4-5,8,13H2,1-3H3,(H,24,26,30)/t14-/m0/s1. The van der Waals surface area contributed by atoms with Crippen molar-refractivity contribution in [2.75, 3.05) is 11.9 Å². The summed E-state index contributed by atoms with van der Waals surface area (Å²) in [7, 11) is 1.91. The van der Waals surface area contributed by atoms with Gasteiger partial charge in [0.2, 0.25) is 0 Å². The molecule has 0 saturated carbocycles. The van der Waals surface area contributed by atoms with Gasteiger partial charge in [-0.05, 0) is 51.4 Å². The number of hydrogen-bond donors (Lipinski definition) is 2. The molecule has 0 bridgehead atoms. The van der Waals surface area contributed by atoms with Crippen LogP contribution in [0.4, 0.5) is 5.82 Å². The number of benzene rings is 1. The van der Waals surface area contributed by atoms with Crippen molar-refractivity contribution in [1.82, 2.24) is 24.6 Å². The molecule has 5 rings (SSSR count). The normalized spacial score (nSPS) is 17.2. The zero-order chi connectivity index (χ0) is 20.8. The van der Waals surface area contributed by atoms with Gasteiger partial charge in [-0.1, -0.05) is 6.07 Å². The molecule has 0 aliphatic carbocycles. The molecule has 1 saturated heterocycles. The predicted molar refractivity (Wildman–Crippen MR) is 119 cm³/mol. The highest BCUT2D eigenvalue weighted by atomic mass is 16.1. The zero-order valence-electron chi connectivity index (χ0n) is 17.6. The van der Waals surface area contributed by atoms with Crippen LogP contribution in [0.25, 0.3) is 21.8 Å². The number of H-pyrrole nitrogens is 1. The molecule has 1 aliphatic heterocycles. The van der Waals surface area contributed by atoms with Gasteiger partial charge in [0, 0.05) is 59.6 Å². The van der Waals surface area contributed by atoms with Crippen molar-refractivity contribution in [1.29, 1.82) is 0 Å². The monoisotopic (exact) mass is 402 g/mol. The van der Waals surface area contributed by atoms with Crippen molar-refractivity contribution in [2.24, 2.45) is 7.05 Å². The molecule has 7 heteroatoms. The Bertz CT molecular complexity index is 1250. The van der Waals surface area contributed by atoms with Gasteiger partial charge in [-0.3, -0.25) is 14.4 Å². The third-order valence-electron chi connectivity index (χ3n) is 6.26. The van der Waals surface area contributed by atoms with E-state index in [0.717, 1.165) is 40.6 Å². The van der Waals surface area contributed by atoms with Crippen molar-refractivity contribution in [3.8, 4) is 0 Å². The molecule has 1 atom stereocenters. The Morgan fingerprint density at radius 3 is 2.97 bits per heavy atom. The Hall–Kier alpha value is -3.19. The molecule has 4 heterocycles. The maximum Gasteiger partial charge on any atom is 0.256 e. The number of fused-ring (bicyclic) bond motifs is 2. The van der Waals surface area contributed by atoms with E-state index >= 15 is 0 Å². The van der Waals surface area contributed by atoms with Gasteiger partial charge >= 0.3 is 0 Å². The van der Waals surface area contributed by atoms with Gasteiger partial charge in [-0.25, -0.2) is 4.98 Å². The van der Waals surface area contributed by atoms with Crippen LogP contribution in [0.2, 0.25) is 0 Å². The quantitative estimate of drug-likeness (QED) is 0.541. The van der Waals surface area contributed by atoms with Crippen LogP contribution >= 0.6 is 0 Å². The summed E-state index contributed by atoms with van der Waals surface area (Å²) in [6, 6.07) is 10.3. The maximum absolute atomic E-state index is 12.8. The fourth-order valence-corrected chi connectivity index (χ4v) is 4.35. The van der Waals surface area contributed by atoms with Crippen LogP contribution in [0.15, 0.2) is 36.5 Å². The van der Waals surface area contributed by atoms with E-state index in [0.29, 0.717) is 17.4 Å². The summed E-state index contributed by atoms with van der Waals surface area (Å²) in [5.41, 5.74) is 4.63. The summed E-state index contributed by atoms with van der Waals surface area (Å²) < 4.78 is 1.83. The lowest BCUT2D eigenvalue weighted by molar-refractivity contribution is 0.102. The van der Waals surface area contributed by atoms with Gasteiger partial charge in [-0.15, -0.1) is 0 Å². The van der Waals surface area contributed by atoms with Crippen molar-refractivity contribution >= 4 is 33.5 Å². The summed E-state index contributed by atoms with van der Waals surface area (Å²) in [6.45, 7) is 6.37. The van der Waals surface area contributed by atoms with E-state index in [4.69, 9.17) is 0 Å². The molecule has 1 amide bonds. The van der Waals surface area contributed by atoms with Crippen LogP contribution in [0.5, 0.6) is 0 Å². The largest absolute Gasteiger partial charge is 0.357 e. The van der Waals surface area contributed by atoms with Crippen LogP contribution in [0, 0.1) is 6.92 Å². The Labute approximate surface area is 175 Å². The Kier molecular flexibility index (Phi) is 4.55. The predicted octanol–water partition coefficient (Wildman–Crippen LogP) is 3.99. The number of hydrogen-bond acceptors (Lipinski definition) is 4. The van der Waals surface area contributed by atoms with E-state index in [1.54, 1.807) is 0 Å². The van der Waals surface area contributed by atoms with Gasteiger partial charge in [0.25, 0.3) is 5.91 Å². The number of carbonyl (C=O) groups is 1. The summed E-state index contributed by atoms with van der Waals surface area (Å²) in [5.74, 6) is 0.345. The summed E-state index contributed by atoms with van der Waals surface area (Å²) >= 11 is 0. The number of aromatic nitrogens is 4. The van der Waals surface area contributed by atoms with Gasteiger partial charge < -0.3 is 10.3 Å². The summed E-state index contributed by atoms with van der Waals surface area (Å²) in [5, 5.41) is 9.49. The molecule has 3 aromatic heterocycles.